The highest BCUT2D eigenvalue weighted by molar-refractivity contribution is 5.43. The molecular weight excluding hydrogens is 344 g/mol. The number of rotatable bonds is 5. The Labute approximate surface area is 159 Å². The van der Waals surface area contributed by atoms with Crippen LogP contribution in [0.25, 0.3) is 0 Å². The van der Waals surface area contributed by atoms with E-state index in [0.717, 1.165) is 57.8 Å². The molecule has 0 saturated carbocycles. The molecule has 2 saturated heterocycles. The van der Waals surface area contributed by atoms with Gasteiger partial charge in [0, 0.05) is 45.0 Å². The highest BCUT2D eigenvalue weighted by Crippen LogP contribution is 2.22. The van der Waals surface area contributed by atoms with Crippen molar-refractivity contribution in [2.24, 2.45) is 0 Å². The topological polar surface area (TPSA) is 68.4 Å². The number of morpholine rings is 1. The van der Waals surface area contributed by atoms with Gasteiger partial charge in [0.1, 0.15) is 0 Å². The number of aryl methyl sites for hydroxylation is 1. The molecule has 8 heteroatoms. The molecule has 2 fully saturated rings. The Hall–Kier alpha value is -2.19. The summed E-state index contributed by atoms with van der Waals surface area (Å²) in [6.07, 6.45) is 5.76. The molecule has 0 bridgehead atoms. The van der Waals surface area contributed by atoms with Crippen LogP contribution < -0.4 is 10.5 Å². The summed E-state index contributed by atoms with van der Waals surface area (Å²) in [6, 6.07) is 3.93. The van der Waals surface area contributed by atoms with Gasteiger partial charge >= 0.3 is 0 Å². The molecule has 4 heterocycles. The average Bonchev–Trinajstić information content (AvgIpc) is 3.16. The van der Waals surface area contributed by atoms with Crippen molar-refractivity contribution >= 4 is 5.69 Å². The van der Waals surface area contributed by atoms with E-state index in [4.69, 9.17) is 4.74 Å². The summed E-state index contributed by atoms with van der Waals surface area (Å²) in [6.45, 7) is 8.78. The van der Waals surface area contributed by atoms with Crippen LogP contribution in [-0.4, -0.2) is 63.9 Å². The number of nitrogens with zero attached hydrogens (tertiary/aromatic N) is 6. The van der Waals surface area contributed by atoms with E-state index in [1.165, 1.54) is 5.69 Å². The zero-order valence-electron chi connectivity index (χ0n) is 16.0. The Morgan fingerprint density at radius 1 is 1.22 bits per heavy atom. The molecule has 8 nitrogen and oxygen atoms in total. The summed E-state index contributed by atoms with van der Waals surface area (Å²) < 4.78 is 9.09. The van der Waals surface area contributed by atoms with Crippen LogP contribution >= 0.6 is 0 Å². The van der Waals surface area contributed by atoms with Gasteiger partial charge in [-0.25, -0.2) is 4.68 Å². The van der Waals surface area contributed by atoms with Crippen LogP contribution in [0.2, 0.25) is 0 Å². The van der Waals surface area contributed by atoms with Crippen molar-refractivity contribution in [2.45, 2.75) is 38.9 Å². The largest absolute Gasteiger partial charge is 0.378 e. The van der Waals surface area contributed by atoms with E-state index in [9.17, 15) is 4.79 Å². The van der Waals surface area contributed by atoms with Crippen molar-refractivity contribution in [3.63, 3.8) is 0 Å². The summed E-state index contributed by atoms with van der Waals surface area (Å²) in [7, 11) is 0. The normalized spacial score (nSPS) is 21.5. The SMILES string of the molecule is CCn1nccc1CN1CCC[C@H](n2ncc(N3CCOCC3)cc2=O)C1. The first-order valence-electron chi connectivity index (χ1n) is 9.89. The predicted molar refractivity (Wildman–Crippen MR) is 103 cm³/mol. The molecule has 2 aromatic heterocycles. The number of hydrogen-bond donors (Lipinski definition) is 0. The number of ether oxygens (including phenoxy) is 1. The van der Waals surface area contributed by atoms with Crippen molar-refractivity contribution in [3.05, 3.63) is 40.6 Å². The fourth-order valence-corrected chi connectivity index (χ4v) is 4.06. The fourth-order valence-electron chi connectivity index (χ4n) is 4.06. The second-order valence-electron chi connectivity index (χ2n) is 7.27. The molecular formula is C19H28N6O2. The van der Waals surface area contributed by atoms with Gasteiger partial charge in [0.05, 0.1) is 36.8 Å². The van der Waals surface area contributed by atoms with Crippen LogP contribution in [0.15, 0.2) is 29.3 Å². The van der Waals surface area contributed by atoms with Crippen molar-refractivity contribution in [2.75, 3.05) is 44.3 Å². The van der Waals surface area contributed by atoms with Gasteiger partial charge in [0.15, 0.2) is 0 Å². The predicted octanol–water partition coefficient (Wildman–Crippen LogP) is 1.13. The zero-order chi connectivity index (χ0) is 18.6. The van der Waals surface area contributed by atoms with Crippen molar-refractivity contribution in [1.82, 2.24) is 24.5 Å². The number of likely N-dealkylation sites (tertiary alicyclic amines) is 1. The molecule has 2 aliphatic rings. The number of piperidine rings is 1. The lowest BCUT2D eigenvalue weighted by Gasteiger charge is -2.33. The lowest BCUT2D eigenvalue weighted by molar-refractivity contribution is 0.122. The Kier molecular flexibility index (Phi) is 5.54. The molecule has 0 radical (unpaired) electrons. The molecule has 2 aliphatic heterocycles. The fraction of sp³-hybridized carbons (Fsp3) is 0.632. The summed E-state index contributed by atoms with van der Waals surface area (Å²) in [5.74, 6) is 0. The molecule has 146 valence electrons. The van der Waals surface area contributed by atoms with Gasteiger partial charge in [0.2, 0.25) is 0 Å². The molecule has 4 rings (SSSR count). The van der Waals surface area contributed by atoms with Gasteiger partial charge < -0.3 is 9.64 Å². The molecule has 0 aliphatic carbocycles. The van der Waals surface area contributed by atoms with Gasteiger partial charge in [-0.2, -0.15) is 10.2 Å². The van der Waals surface area contributed by atoms with Crippen LogP contribution in [0.4, 0.5) is 5.69 Å². The third-order valence-corrected chi connectivity index (χ3v) is 5.50. The van der Waals surface area contributed by atoms with Gasteiger partial charge in [-0.3, -0.25) is 14.4 Å². The van der Waals surface area contributed by atoms with Crippen LogP contribution in [0.3, 0.4) is 0 Å². The quantitative estimate of drug-likeness (QED) is 0.784. The van der Waals surface area contributed by atoms with Crippen LogP contribution in [0.1, 0.15) is 31.5 Å². The van der Waals surface area contributed by atoms with Crippen LogP contribution in [-0.2, 0) is 17.8 Å². The van der Waals surface area contributed by atoms with Gasteiger partial charge in [-0.1, -0.05) is 0 Å². The maximum atomic E-state index is 12.7. The smallest absolute Gasteiger partial charge is 0.269 e. The minimum absolute atomic E-state index is 0.00978. The minimum atomic E-state index is -0.00978. The van der Waals surface area contributed by atoms with E-state index in [1.54, 1.807) is 10.7 Å². The summed E-state index contributed by atoms with van der Waals surface area (Å²) >= 11 is 0. The standard InChI is InChI=1S/C19H28N6O2/c1-2-24-16(5-6-20-24)14-22-7-3-4-17(15-22)25-19(26)12-18(13-21-25)23-8-10-27-11-9-23/h5-6,12-13,17H,2-4,7-11,14-15H2,1H3/t17-/m0/s1. The molecule has 0 amide bonds. The molecule has 0 unspecified atom stereocenters. The Morgan fingerprint density at radius 2 is 2.07 bits per heavy atom. The van der Waals surface area contributed by atoms with Crippen molar-refractivity contribution < 1.29 is 4.74 Å². The minimum Gasteiger partial charge on any atom is -0.378 e. The molecule has 27 heavy (non-hydrogen) atoms. The van der Waals surface area contributed by atoms with E-state index in [2.05, 4.69) is 33.0 Å². The van der Waals surface area contributed by atoms with Crippen molar-refractivity contribution in [1.29, 1.82) is 0 Å². The number of hydrogen-bond acceptors (Lipinski definition) is 6. The third-order valence-electron chi connectivity index (χ3n) is 5.50. The highest BCUT2D eigenvalue weighted by Gasteiger charge is 2.24. The van der Waals surface area contributed by atoms with E-state index < -0.39 is 0 Å². The van der Waals surface area contributed by atoms with Gasteiger partial charge in [-0.05, 0) is 32.4 Å². The molecule has 2 aromatic rings. The number of anilines is 1. The second-order valence-corrected chi connectivity index (χ2v) is 7.27. The van der Waals surface area contributed by atoms with E-state index >= 15 is 0 Å². The van der Waals surface area contributed by atoms with Gasteiger partial charge in [-0.15, -0.1) is 0 Å². The first-order chi connectivity index (χ1) is 13.2. The molecule has 0 spiro atoms. The van der Waals surface area contributed by atoms with E-state index in [0.29, 0.717) is 13.2 Å². The zero-order valence-corrected chi connectivity index (χ0v) is 16.0. The van der Waals surface area contributed by atoms with Crippen molar-refractivity contribution in [3.8, 4) is 0 Å². The van der Waals surface area contributed by atoms with Gasteiger partial charge in [0.25, 0.3) is 5.56 Å². The first-order valence-corrected chi connectivity index (χ1v) is 9.89. The summed E-state index contributed by atoms with van der Waals surface area (Å²) in [4.78, 5) is 17.3. The molecule has 0 N–H and O–H groups in total. The third kappa shape index (κ3) is 4.06. The van der Waals surface area contributed by atoms with E-state index in [1.807, 2.05) is 17.1 Å². The highest BCUT2D eigenvalue weighted by atomic mass is 16.5. The lowest BCUT2D eigenvalue weighted by atomic mass is 10.1. The maximum Gasteiger partial charge on any atom is 0.269 e. The first kappa shape index (κ1) is 18.2. The number of aromatic nitrogens is 4. The maximum absolute atomic E-state index is 12.7. The van der Waals surface area contributed by atoms with Crippen LogP contribution in [0, 0.1) is 0 Å². The summed E-state index contributed by atoms with van der Waals surface area (Å²) in [5.41, 5.74) is 2.12. The average molecular weight is 372 g/mol. The molecule has 0 aromatic carbocycles. The Bertz CT molecular complexity index is 811. The monoisotopic (exact) mass is 372 g/mol. The Balaban J connectivity index is 1.45. The Morgan fingerprint density at radius 3 is 2.85 bits per heavy atom. The summed E-state index contributed by atoms with van der Waals surface area (Å²) in [5, 5.41) is 8.87. The van der Waals surface area contributed by atoms with E-state index in [-0.39, 0.29) is 11.6 Å². The lowest BCUT2D eigenvalue weighted by Crippen LogP contribution is -2.41. The molecule has 1 atom stereocenters. The van der Waals surface area contributed by atoms with Crippen LogP contribution in [0.5, 0.6) is 0 Å². The second kappa shape index (κ2) is 8.22.